The van der Waals surface area contributed by atoms with Crippen molar-refractivity contribution in [2.24, 2.45) is 4.99 Å². The summed E-state index contributed by atoms with van der Waals surface area (Å²) in [6.45, 7) is 6.79. The zero-order valence-corrected chi connectivity index (χ0v) is 18.5. The summed E-state index contributed by atoms with van der Waals surface area (Å²) >= 11 is 0. The molecule has 1 fully saturated rings. The van der Waals surface area contributed by atoms with Gasteiger partial charge in [-0.3, -0.25) is 9.89 Å². The molecule has 2 N–H and O–H groups in total. The van der Waals surface area contributed by atoms with Crippen molar-refractivity contribution in [2.75, 3.05) is 46.9 Å². The Morgan fingerprint density at radius 3 is 2.58 bits per heavy atom. The Kier molecular flexibility index (Phi) is 11.4. The van der Waals surface area contributed by atoms with E-state index in [1.165, 1.54) is 25.8 Å². The molecular formula is C19H33IN4O2. The van der Waals surface area contributed by atoms with Crippen LogP contribution in [0.15, 0.2) is 29.3 Å². The number of rotatable bonds is 8. The predicted octanol–water partition coefficient (Wildman–Crippen LogP) is 2.73. The second-order valence-electron chi connectivity index (χ2n) is 6.18. The molecule has 1 aliphatic heterocycles. The molecule has 1 heterocycles. The number of likely N-dealkylation sites (N-methyl/N-ethyl adjacent to an activating group) is 1. The molecule has 1 aliphatic rings. The minimum absolute atomic E-state index is 0. The van der Waals surface area contributed by atoms with Gasteiger partial charge in [0.15, 0.2) is 5.96 Å². The summed E-state index contributed by atoms with van der Waals surface area (Å²) < 4.78 is 10.9. The Bertz CT molecular complexity index is 525. The van der Waals surface area contributed by atoms with E-state index >= 15 is 0 Å². The summed E-state index contributed by atoms with van der Waals surface area (Å²) in [5, 5.41) is 6.75. The summed E-state index contributed by atoms with van der Waals surface area (Å²) in [5.41, 5.74) is 0. The van der Waals surface area contributed by atoms with Crippen molar-refractivity contribution in [2.45, 2.75) is 32.2 Å². The molecule has 26 heavy (non-hydrogen) atoms. The van der Waals surface area contributed by atoms with Crippen LogP contribution in [0.4, 0.5) is 0 Å². The smallest absolute Gasteiger partial charge is 0.191 e. The summed E-state index contributed by atoms with van der Waals surface area (Å²) in [6, 6.07) is 8.22. The molecule has 1 saturated heterocycles. The van der Waals surface area contributed by atoms with E-state index in [0.29, 0.717) is 19.2 Å². The number of nitrogens with zero attached hydrogens (tertiary/aromatic N) is 2. The highest BCUT2D eigenvalue weighted by Gasteiger charge is 2.20. The molecule has 1 aromatic carbocycles. The van der Waals surface area contributed by atoms with E-state index in [1.54, 1.807) is 14.2 Å². The van der Waals surface area contributed by atoms with Gasteiger partial charge in [-0.15, -0.1) is 24.0 Å². The van der Waals surface area contributed by atoms with Crippen LogP contribution in [-0.2, 0) is 0 Å². The minimum atomic E-state index is 0. The fraction of sp³-hybridized carbons (Fsp3) is 0.632. The van der Waals surface area contributed by atoms with Gasteiger partial charge in [0.25, 0.3) is 0 Å². The van der Waals surface area contributed by atoms with Crippen molar-refractivity contribution >= 4 is 29.9 Å². The van der Waals surface area contributed by atoms with Crippen LogP contribution in [0.3, 0.4) is 0 Å². The number of methoxy groups -OCH3 is 1. The SMILES string of the molecule is CCN1CCCCC1CNC(=NC)NCCOc1ccc(OC)cc1.I. The molecule has 0 spiro atoms. The lowest BCUT2D eigenvalue weighted by molar-refractivity contribution is 0.157. The van der Waals surface area contributed by atoms with E-state index in [1.807, 2.05) is 24.3 Å². The number of ether oxygens (including phenoxy) is 2. The van der Waals surface area contributed by atoms with Crippen LogP contribution in [0, 0.1) is 0 Å². The molecule has 0 amide bonds. The Morgan fingerprint density at radius 2 is 1.92 bits per heavy atom. The molecule has 148 valence electrons. The highest BCUT2D eigenvalue weighted by molar-refractivity contribution is 14.0. The van der Waals surface area contributed by atoms with Gasteiger partial charge in [0, 0.05) is 19.6 Å². The maximum absolute atomic E-state index is 5.72. The third kappa shape index (κ3) is 7.57. The molecular weight excluding hydrogens is 443 g/mol. The molecule has 2 rings (SSSR count). The van der Waals surface area contributed by atoms with Gasteiger partial charge in [0.1, 0.15) is 18.1 Å². The highest BCUT2D eigenvalue weighted by atomic mass is 127. The van der Waals surface area contributed by atoms with Crippen molar-refractivity contribution in [3.05, 3.63) is 24.3 Å². The van der Waals surface area contributed by atoms with Crippen molar-refractivity contribution in [3.8, 4) is 11.5 Å². The van der Waals surface area contributed by atoms with Gasteiger partial charge in [-0.2, -0.15) is 0 Å². The predicted molar refractivity (Wildman–Crippen MR) is 118 cm³/mol. The van der Waals surface area contributed by atoms with Gasteiger partial charge in [-0.1, -0.05) is 13.3 Å². The first-order chi connectivity index (χ1) is 12.3. The van der Waals surface area contributed by atoms with Crippen molar-refractivity contribution < 1.29 is 9.47 Å². The standard InChI is InChI=1S/C19H32N4O2.HI/c1-4-23-13-6-5-7-16(23)15-22-19(20-2)21-12-14-25-18-10-8-17(24-3)9-11-18;/h8-11,16H,4-7,12-15H2,1-3H3,(H2,20,21,22);1H. The van der Waals surface area contributed by atoms with E-state index in [0.717, 1.165) is 30.5 Å². The lowest BCUT2D eigenvalue weighted by Gasteiger charge is -2.35. The zero-order chi connectivity index (χ0) is 17.9. The van der Waals surface area contributed by atoms with Crippen LogP contribution < -0.4 is 20.1 Å². The first-order valence-corrected chi connectivity index (χ1v) is 9.22. The Hall–Kier alpha value is -1.22. The Morgan fingerprint density at radius 1 is 1.19 bits per heavy atom. The van der Waals surface area contributed by atoms with Gasteiger partial charge in [0.05, 0.1) is 13.7 Å². The van der Waals surface area contributed by atoms with E-state index < -0.39 is 0 Å². The topological polar surface area (TPSA) is 58.1 Å². The van der Waals surface area contributed by atoms with Gasteiger partial charge < -0.3 is 20.1 Å². The molecule has 0 saturated carbocycles. The van der Waals surface area contributed by atoms with Crippen LogP contribution in [0.25, 0.3) is 0 Å². The fourth-order valence-corrected chi connectivity index (χ4v) is 3.15. The molecule has 0 aliphatic carbocycles. The molecule has 6 nitrogen and oxygen atoms in total. The molecule has 7 heteroatoms. The average molecular weight is 476 g/mol. The number of hydrogen-bond donors (Lipinski definition) is 2. The van der Waals surface area contributed by atoms with Crippen LogP contribution in [-0.4, -0.2) is 63.8 Å². The summed E-state index contributed by atoms with van der Waals surface area (Å²) in [6.07, 6.45) is 3.91. The molecule has 1 aromatic rings. The first-order valence-electron chi connectivity index (χ1n) is 9.22. The third-order valence-electron chi connectivity index (χ3n) is 4.61. The number of likely N-dealkylation sites (tertiary alicyclic amines) is 1. The first kappa shape index (κ1) is 22.8. The van der Waals surface area contributed by atoms with Crippen molar-refractivity contribution in [1.82, 2.24) is 15.5 Å². The number of piperidine rings is 1. The largest absolute Gasteiger partial charge is 0.497 e. The van der Waals surface area contributed by atoms with Gasteiger partial charge in [-0.05, 0) is 50.2 Å². The molecule has 0 aromatic heterocycles. The quantitative estimate of drug-likeness (QED) is 0.262. The van der Waals surface area contributed by atoms with E-state index in [4.69, 9.17) is 9.47 Å². The zero-order valence-electron chi connectivity index (χ0n) is 16.2. The lowest BCUT2D eigenvalue weighted by Crippen LogP contribution is -2.49. The number of benzene rings is 1. The van der Waals surface area contributed by atoms with Gasteiger partial charge in [-0.25, -0.2) is 0 Å². The number of hydrogen-bond acceptors (Lipinski definition) is 4. The van der Waals surface area contributed by atoms with Crippen LogP contribution in [0.2, 0.25) is 0 Å². The lowest BCUT2D eigenvalue weighted by atomic mass is 10.0. The monoisotopic (exact) mass is 476 g/mol. The van der Waals surface area contributed by atoms with Crippen LogP contribution in [0.5, 0.6) is 11.5 Å². The third-order valence-corrected chi connectivity index (χ3v) is 4.61. The fourth-order valence-electron chi connectivity index (χ4n) is 3.15. The van der Waals surface area contributed by atoms with E-state index in [2.05, 4.69) is 27.4 Å². The van der Waals surface area contributed by atoms with Crippen LogP contribution in [0.1, 0.15) is 26.2 Å². The van der Waals surface area contributed by atoms with Gasteiger partial charge >= 0.3 is 0 Å². The average Bonchev–Trinajstić information content (AvgIpc) is 2.68. The molecule has 0 bridgehead atoms. The summed E-state index contributed by atoms with van der Waals surface area (Å²) in [4.78, 5) is 6.85. The van der Waals surface area contributed by atoms with Crippen molar-refractivity contribution in [3.63, 3.8) is 0 Å². The number of nitrogens with one attached hydrogen (secondary N) is 2. The number of halogens is 1. The summed E-state index contributed by atoms with van der Waals surface area (Å²) in [7, 11) is 3.46. The normalized spacial score (nSPS) is 18.0. The molecule has 0 radical (unpaired) electrons. The second kappa shape index (κ2) is 13.0. The minimum Gasteiger partial charge on any atom is -0.497 e. The number of aliphatic imine (C=N–C) groups is 1. The number of guanidine groups is 1. The highest BCUT2D eigenvalue weighted by Crippen LogP contribution is 2.17. The van der Waals surface area contributed by atoms with Crippen LogP contribution >= 0.6 is 24.0 Å². The maximum atomic E-state index is 5.72. The second-order valence-corrected chi connectivity index (χ2v) is 6.18. The van der Waals surface area contributed by atoms with Crippen molar-refractivity contribution in [1.29, 1.82) is 0 Å². The maximum Gasteiger partial charge on any atom is 0.191 e. The Labute approximate surface area is 174 Å². The van der Waals surface area contributed by atoms with E-state index in [-0.39, 0.29) is 24.0 Å². The Balaban J connectivity index is 0.00000338. The molecule has 1 atom stereocenters. The molecule has 1 unspecified atom stereocenters. The van der Waals surface area contributed by atoms with E-state index in [9.17, 15) is 0 Å². The summed E-state index contributed by atoms with van der Waals surface area (Å²) in [5.74, 6) is 2.50. The van der Waals surface area contributed by atoms with Gasteiger partial charge in [0.2, 0.25) is 0 Å².